The number of carbonyl (C=O) groups excluding carboxylic acids is 1. The molecule has 16 heavy (non-hydrogen) atoms. The predicted octanol–water partition coefficient (Wildman–Crippen LogP) is 1.90. The van der Waals surface area contributed by atoms with Crippen LogP contribution in [-0.2, 0) is 4.74 Å². The minimum Gasteiger partial charge on any atom is -0.444 e. The Morgan fingerprint density at radius 3 is 2.81 bits per heavy atom. The summed E-state index contributed by atoms with van der Waals surface area (Å²) >= 11 is 0. The standard InChI is InChI=1S/C12H24N2O2/c1-12(2,3)16-11(15)14-8-6-10-5-4-7-13-9-10/h10,13H,4-9H2,1-3H3,(H,14,15)/t10-/m1/s1. The van der Waals surface area contributed by atoms with Gasteiger partial charge in [0.2, 0.25) is 0 Å². The third-order valence-electron chi connectivity index (χ3n) is 2.62. The predicted molar refractivity (Wildman–Crippen MR) is 64.4 cm³/mol. The van der Waals surface area contributed by atoms with Crippen LogP contribution in [0.5, 0.6) is 0 Å². The first-order chi connectivity index (χ1) is 7.47. The van der Waals surface area contributed by atoms with Gasteiger partial charge in [-0.25, -0.2) is 4.79 Å². The average Bonchev–Trinajstić information content (AvgIpc) is 2.16. The fourth-order valence-corrected chi connectivity index (χ4v) is 1.86. The Hall–Kier alpha value is -0.770. The van der Waals surface area contributed by atoms with Gasteiger partial charge >= 0.3 is 6.09 Å². The number of alkyl carbamates (subject to hydrolysis) is 1. The van der Waals surface area contributed by atoms with E-state index in [2.05, 4.69) is 10.6 Å². The average molecular weight is 228 g/mol. The van der Waals surface area contributed by atoms with Crippen molar-refractivity contribution in [3.63, 3.8) is 0 Å². The number of nitrogens with one attached hydrogen (secondary N) is 2. The van der Waals surface area contributed by atoms with Crippen molar-refractivity contribution in [2.45, 2.75) is 45.6 Å². The molecule has 0 saturated carbocycles. The van der Waals surface area contributed by atoms with E-state index in [1.54, 1.807) is 0 Å². The molecular weight excluding hydrogens is 204 g/mol. The van der Waals surface area contributed by atoms with E-state index in [1.807, 2.05) is 20.8 Å². The zero-order chi connectivity index (χ0) is 12.0. The van der Waals surface area contributed by atoms with Crippen molar-refractivity contribution in [3.8, 4) is 0 Å². The Balaban J connectivity index is 2.08. The number of rotatable bonds is 3. The van der Waals surface area contributed by atoms with E-state index in [0.717, 1.165) is 19.5 Å². The Kier molecular flexibility index (Phi) is 5.06. The lowest BCUT2D eigenvalue weighted by atomic mass is 9.96. The molecule has 0 aliphatic carbocycles. The normalized spacial score (nSPS) is 21.6. The lowest BCUT2D eigenvalue weighted by Gasteiger charge is -2.23. The molecule has 4 heteroatoms. The first-order valence-electron chi connectivity index (χ1n) is 6.15. The number of hydrogen-bond acceptors (Lipinski definition) is 3. The number of amides is 1. The molecule has 1 aliphatic rings. The number of hydrogen-bond donors (Lipinski definition) is 2. The van der Waals surface area contributed by atoms with Gasteiger partial charge in [0, 0.05) is 6.54 Å². The van der Waals surface area contributed by atoms with Gasteiger partial charge in [0.1, 0.15) is 5.60 Å². The van der Waals surface area contributed by atoms with Gasteiger partial charge in [-0.1, -0.05) is 0 Å². The highest BCUT2D eigenvalue weighted by Crippen LogP contribution is 2.13. The maximum atomic E-state index is 11.4. The Bertz CT molecular complexity index is 218. The number of carbonyl (C=O) groups is 1. The second-order valence-corrected chi connectivity index (χ2v) is 5.43. The maximum Gasteiger partial charge on any atom is 0.407 e. The minimum absolute atomic E-state index is 0.309. The summed E-state index contributed by atoms with van der Waals surface area (Å²) < 4.78 is 5.16. The SMILES string of the molecule is CC(C)(C)OC(=O)NCC[C@H]1CCCNC1. The molecule has 1 heterocycles. The molecule has 2 N–H and O–H groups in total. The Morgan fingerprint density at radius 1 is 1.50 bits per heavy atom. The van der Waals surface area contributed by atoms with Crippen LogP contribution in [0.4, 0.5) is 4.79 Å². The summed E-state index contributed by atoms with van der Waals surface area (Å²) in [6, 6.07) is 0. The molecule has 94 valence electrons. The first kappa shape index (κ1) is 13.3. The molecule has 4 nitrogen and oxygen atoms in total. The number of ether oxygens (including phenoxy) is 1. The third kappa shape index (κ3) is 5.95. The van der Waals surface area contributed by atoms with Crippen molar-refractivity contribution >= 4 is 6.09 Å². The lowest BCUT2D eigenvalue weighted by Crippen LogP contribution is -2.35. The Morgan fingerprint density at radius 2 is 2.25 bits per heavy atom. The summed E-state index contributed by atoms with van der Waals surface area (Å²) in [5.41, 5.74) is -0.406. The molecule has 1 fully saturated rings. The number of piperidine rings is 1. The molecule has 0 aromatic rings. The molecule has 0 aromatic heterocycles. The van der Waals surface area contributed by atoms with Crippen LogP contribution in [0.3, 0.4) is 0 Å². The van der Waals surface area contributed by atoms with Gasteiger partial charge in [-0.15, -0.1) is 0 Å². The summed E-state index contributed by atoms with van der Waals surface area (Å²) in [5.74, 6) is 0.698. The van der Waals surface area contributed by atoms with Gasteiger partial charge in [0.25, 0.3) is 0 Å². The largest absolute Gasteiger partial charge is 0.444 e. The van der Waals surface area contributed by atoms with Gasteiger partial charge < -0.3 is 15.4 Å². The summed E-state index contributed by atoms with van der Waals surface area (Å²) in [5, 5.41) is 6.16. The van der Waals surface area contributed by atoms with Crippen molar-refractivity contribution < 1.29 is 9.53 Å². The van der Waals surface area contributed by atoms with Crippen LogP contribution < -0.4 is 10.6 Å². The van der Waals surface area contributed by atoms with E-state index in [1.165, 1.54) is 12.8 Å². The lowest BCUT2D eigenvalue weighted by molar-refractivity contribution is 0.0524. The van der Waals surface area contributed by atoms with Crippen molar-refractivity contribution in [2.24, 2.45) is 5.92 Å². The third-order valence-corrected chi connectivity index (χ3v) is 2.62. The second-order valence-electron chi connectivity index (χ2n) is 5.43. The van der Waals surface area contributed by atoms with E-state index >= 15 is 0 Å². The van der Waals surface area contributed by atoms with Crippen molar-refractivity contribution in [3.05, 3.63) is 0 Å². The summed E-state index contributed by atoms with van der Waals surface area (Å²) in [6.45, 7) is 8.54. The van der Waals surface area contributed by atoms with Crippen LogP contribution in [0.15, 0.2) is 0 Å². The van der Waals surface area contributed by atoms with Gasteiger partial charge in [-0.3, -0.25) is 0 Å². The summed E-state index contributed by atoms with van der Waals surface area (Å²) in [4.78, 5) is 11.4. The van der Waals surface area contributed by atoms with Crippen LogP contribution in [0.2, 0.25) is 0 Å². The molecule has 0 aromatic carbocycles. The molecule has 1 saturated heterocycles. The minimum atomic E-state index is -0.406. The molecule has 0 spiro atoms. The van der Waals surface area contributed by atoms with Gasteiger partial charge in [-0.05, 0) is 59.0 Å². The van der Waals surface area contributed by atoms with E-state index in [9.17, 15) is 4.79 Å². The fourth-order valence-electron chi connectivity index (χ4n) is 1.86. The quantitative estimate of drug-likeness (QED) is 0.775. The highest BCUT2D eigenvalue weighted by molar-refractivity contribution is 5.67. The van der Waals surface area contributed by atoms with Crippen LogP contribution in [0, 0.1) is 5.92 Å². The molecule has 0 radical (unpaired) electrons. The fraction of sp³-hybridized carbons (Fsp3) is 0.917. The highest BCUT2D eigenvalue weighted by Gasteiger charge is 2.17. The van der Waals surface area contributed by atoms with Crippen LogP contribution in [0.1, 0.15) is 40.0 Å². The molecule has 0 unspecified atom stereocenters. The second kappa shape index (κ2) is 6.09. The van der Waals surface area contributed by atoms with E-state index < -0.39 is 5.60 Å². The first-order valence-corrected chi connectivity index (χ1v) is 6.15. The van der Waals surface area contributed by atoms with E-state index in [4.69, 9.17) is 4.74 Å². The molecule has 1 rings (SSSR count). The van der Waals surface area contributed by atoms with Crippen LogP contribution in [-0.4, -0.2) is 31.3 Å². The zero-order valence-electron chi connectivity index (χ0n) is 10.6. The van der Waals surface area contributed by atoms with Crippen molar-refractivity contribution in [1.29, 1.82) is 0 Å². The topological polar surface area (TPSA) is 50.4 Å². The summed E-state index contributed by atoms with van der Waals surface area (Å²) in [7, 11) is 0. The monoisotopic (exact) mass is 228 g/mol. The zero-order valence-corrected chi connectivity index (χ0v) is 10.6. The summed E-state index contributed by atoms with van der Waals surface area (Å²) in [6.07, 6.45) is 3.24. The molecular formula is C12H24N2O2. The molecule has 1 aliphatic heterocycles. The molecule has 1 amide bonds. The van der Waals surface area contributed by atoms with E-state index in [-0.39, 0.29) is 6.09 Å². The molecule has 0 bridgehead atoms. The maximum absolute atomic E-state index is 11.4. The molecule has 1 atom stereocenters. The highest BCUT2D eigenvalue weighted by atomic mass is 16.6. The Labute approximate surface area is 98.1 Å². The van der Waals surface area contributed by atoms with Gasteiger partial charge in [-0.2, -0.15) is 0 Å². The van der Waals surface area contributed by atoms with Gasteiger partial charge in [0.05, 0.1) is 0 Å². The van der Waals surface area contributed by atoms with Crippen LogP contribution in [0.25, 0.3) is 0 Å². The van der Waals surface area contributed by atoms with Gasteiger partial charge in [0.15, 0.2) is 0 Å². The van der Waals surface area contributed by atoms with Crippen LogP contribution >= 0.6 is 0 Å². The van der Waals surface area contributed by atoms with Crippen molar-refractivity contribution in [2.75, 3.05) is 19.6 Å². The smallest absolute Gasteiger partial charge is 0.407 e. The van der Waals surface area contributed by atoms with E-state index in [0.29, 0.717) is 12.5 Å². The van der Waals surface area contributed by atoms with Crippen molar-refractivity contribution in [1.82, 2.24) is 10.6 Å².